The average molecular weight is 286 g/mol. The first-order valence-corrected chi connectivity index (χ1v) is 6.29. The number of imidazole rings is 1. The van der Waals surface area contributed by atoms with Crippen LogP contribution in [0.5, 0.6) is 0 Å². The van der Waals surface area contributed by atoms with Crippen LogP contribution >= 0.6 is 27.3 Å². The molecule has 1 atom stereocenters. The Balaban J connectivity index is 2.10. The summed E-state index contributed by atoms with van der Waals surface area (Å²) in [7, 11) is 1.96. The van der Waals surface area contributed by atoms with Crippen molar-refractivity contribution in [1.29, 1.82) is 0 Å². The van der Waals surface area contributed by atoms with Crippen LogP contribution in [-0.4, -0.2) is 9.55 Å². The molecule has 0 aliphatic rings. The number of aryl methyl sites for hydroxylation is 1. The Kier molecular flexibility index (Phi) is 3.23. The maximum Gasteiger partial charge on any atom is 0.0946 e. The van der Waals surface area contributed by atoms with E-state index in [1.165, 1.54) is 4.88 Å². The third kappa shape index (κ3) is 2.48. The van der Waals surface area contributed by atoms with E-state index in [1.807, 2.05) is 17.8 Å². The minimum absolute atomic E-state index is 0.0167. The summed E-state index contributed by atoms with van der Waals surface area (Å²) in [5, 5.41) is 2.07. The summed E-state index contributed by atoms with van der Waals surface area (Å²) in [5.41, 5.74) is 7.18. The lowest BCUT2D eigenvalue weighted by Crippen LogP contribution is -2.15. The van der Waals surface area contributed by atoms with Gasteiger partial charge in [0.15, 0.2) is 0 Å². The van der Waals surface area contributed by atoms with Crippen LogP contribution in [0.2, 0.25) is 0 Å². The van der Waals surface area contributed by atoms with Crippen LogP contribution in [0.15, 0.2) is 28.4 Å². The molecule has 1 unspecified atom stereocenters. The number of nitrogens with two attached hydrogens (primary N) is 1. The summed E-state index contributed by atoms with van der Waals surface area (Å²) in [5.74, 6) is 0. The van der Waals surface area contributed by atoms with Gasteiger partial charge in [0.25, 0.3) is 0 Å². The highest BCUT2D eigenvalue weighted by Gasteiger charge is 2.11. The lowest BCUT2D eigenvalue weighted by atomic mass is 10.1. The fourth-order valence-corrected chi connectivity index (χ4v) is 3.02. The predicted octanol–water partition coefficient (Wildman–Crippen LogP) is 2.49. The number of hydrogen-bond donors (Lipinski definition) is 1. The summed E-state index contributed by atoms with van der Waals surface area (Å²) in [6, 6.07) is 2.13. The van der Waals surface area contributed by atoms with Crippen LogP contribution in [0, 0.1) is 0 Å². The molecule has 0 radical (unpaired) electrons. The highest BCUT2D eigenvalue weighted by Crippen LogP contribution is 2.24. The predicted molar refractivity (Wildman–Crippen MR) is 65.9 cm³/mol. The first-order chi connectivity index (χ1) is 7.16. The van der Waals surface area contributed by atoms with Crippen molar-refractivity contribution in [3.05, 3.63) is 39.0 Å². The Labute approximate surface area is 101 Å². The first-order valence-electron chi connectivity index (χ1n) is 4.61. The highest BCUT2D eigenvalue weighted by atomic mass is 79.9. The molecule has 3 nitrogen and oxygen atoms in total. The van der Waals surface area contributed by atoms with Crippen molar-refractivity contribution in [1.82, 2.24) is 9.55 Å². The van der Waals surface area contributed by atoms with Gasteiger partial charge in [-0.25, -0.2) is 4.98 Å². The monoisotopic (exact) mass is 285 g/mol. The molecule has 2 aromatic rings. The Hall–Kier alpha value is -0.650. The number of aromatic nitrogens is 2. The fourth-order valence-electron chi connectivity index (χ4n) is 1.51. The second kappa shape index (κ2) is 4.47. The Morgan fingerprint density at radius 1 is 1.67 bits per heavy atom. The SMILES string of the molecule is Cn1cncc1C(N)Cc1cc(Br)cs1. The van der Waals surface area contributed by atoms with Crippen molar-refractivity contribution >= 4 is 27.3 Å². The average Bonchev–Trinajstić information content (AvgIpc) is 2.75. The minimum atomic E-state index is 0.0167. The molecule has 0 bridgehead atoms. The van der Waals surface area contributed by atoms with Gasteiger partial charge in [-0.05, 0) is 22.0 Å². The molecule has 0 aliphatic carbocycles. The summed E-state index contributed by atoms with van der Waals surface area (Å²) in [6.45, 7) is 0. The van der Waals surface area contributed by atoms with Crippen LogP contribution in [-0.2, 0) is 13.5 Å². The van der Waals surface area contributed by atoms with Crippen molar-refractivity contribution in [2.24, 2.45) is 12.8 Å². The van der Waals surface area contributed by atoms with Crippen LogP contribution in [0.25, 0.3) is 0 Å². The highest BCUT2D eigenvalue weighted by molar-refractivity contribution is 9.10. The molecule has 0 aromatic carbocycles. The van der Waals surface area contributed by atoms with Crippen LogP contribution in [0.1, 0.15) is 16.6 Å². The maximum absolute atomic E-state index is 6.11. The quantitative estimate of drug-likeness (QED) is 0.942. The van der Waals surface area contributed by atoms with Crippen molar-refractivity contribution in [3.8, 4) is 0 Å². The van der Waals surface area contributed by atoms with Crippen LogP contribution in [0.4, 0.5) is 0 Å². The van der Waals surface area contributed by atoms with E-state index >= 15 is 0 Å². The van der Waals surface area contributed by atoms with E-state index in [4.69, 9.17) is 5.73 Å². The van der Waals surface area contributed by atoms with Crippen molar-refractivity contribution < 1.29 is 0 Å². The van der Waals surface area contributed by atoms with Gasteiger partial charge in [-0.3, -0.25) is 0 Å². The normalized spacial score (nSPS) is 13.0. The summed E-state index contributed by atoms with van der Waals surface area (Å²) >= 11 is 5.16. The zero-order valence-corrected chi connectivity index (χ0v) is 10.8. The number of thiophene rings is 1. The van der Waals surface area contributed by atoms with E-state index in [0.29, 0.717) is 0 Å². The van der Waals surface area contributed by atoms with Gasteiger partial charge < -0.3 is 10.3 Å². The van der Waals surface area contributed by atoms with Gasteiger partial charge in [0.2, 0.25) is 0 Å². The molecule has 80 valence electrons. The van der Waals surface area contributed by atoms with E-state index < -0.39 is 0 Å². The van der Waals surface area contributed by atoms with E-state index in [1.54, 1.807) is 17.7 Å². The molecule has 15 heavy (non-hydrogen) atoms. The fraction of sp³-hybridized carbons (Fsp3) is 0.300. The first kappa shape index (κ1) is 10.9. The minimum Gasteiger partial charge on any atom is -0.336 e. The lowest BCUT2D eigenvalue weighted by molar-refractivity contribution is 0.661. The zero-order valence-electron chi connectivity index (χ0n) is 8.35. The van der Waals surface area contributed by atoms with Gasteiger partial charge in [0.1, 0.15) is 0 Å². The molecule has 0 amide bonds. The van der Waals surface area contributed by atoms with Gasteiger partial charge in [-0.2, -0.15) is 0 Å². The van der Waals surface area contributed by atoms with E-state index in [-0.39, 0.29) is 6.04 Å². The summed E-state index contributed by atoms with van der Waals surface area (Å²) < 4.78 is 3.09. The summed E-state index contributed by atoms with van der Waals surface area (Å²) in [4.78, 5) is 5.35. The molecule has 2 rings (SSSR count). The summed E-state index contributed by atoms with van der Waals surface area (Å²) in [6.07, 6.45) is 4.46. The van der Waals surface area contributed by atoms with Gasteiger partial charge in [-0.15, -0.1) is 11.3 Å². The third-order valence-corrected chi connectivity index (χ3v) is 4.00. The third-order valence-electron chi connectivity index (χ3n) is 2.28. The molecule has 2 N–H and O–H groups in total. The van der Waals surface area contributed by atoms with Crippen molar-refractivity contribution in [2.45, 2.75) is 12.5 Å². The van der Waals surface area contributed by atoms with E-state index in [0.717, 1.165) is 16.6 Å². The second-order valence-corrected chi connectivity index (χ2v) is 5.38. The Bertz CT molecular complexity index is 449. The van der Waals surface area contributed by atoms with Gasteiger partial charge in [-0.1, -0.05) is 0 Å². The van der Waals surface area contributed by atoms with Crippen molar-refractivity contribution in [3.63, 3.8) is 0 Å². The molecular formula is C10H12BrN3S. The molecule has 0 saturated carbocycles. The number of halogens is 1. The van der Waals surface area contributed by atoms with Gasteiger partial charge in [0, 0.05) is 34.4 Å². The molecular weight excluding hydrogens is 274 g/mol. The largest absolute Gasteiger partial charge is 0.336 e. The van der Waals surface area contributed by atoms with E-state index in [2.05, 4.69) is 32.4 Å². The van der Waals surface area contributed by atoms with Crippen LogP contribution in [0.3, 0.4) is 0 Å². The molecule has 5 heteroatoms. The van der Waals surface area contributed by atoms with E-state index in [9.17, 15) is 0 Å². The van der Waals surface area contributed by atoms with Gasteiger partial charge >= 0.3 is 0 Å². The Morgan fingerprint density at radius 2 is 2.47 bits per heavy atom. The van der Waals surface area contributed by atoms with Crippen molar-refractivity contribution in [2.75, 3.05) is 0 Å². The second-order valence-electron chi connectivity index (χ2n) is 3.47. The number of nitrogens with zero attached hydrogens (tertiary/aromatic N) is 2. The topological polar surface area (TPSA) is 43.8 Å². The van der Waals surface area contributed by atoms with Crippen LogP contribution < -0.4 is 5.73 Å². The molecule has 2 heterocycles. The number of rotatable bonds is 3. The zero-order chi connectivity index (χ0) is 10.8. The van der Waals surface area contributed by atoms with Gasteiger partial charge in [0.05, 0.1) is 18.1 Å². The number of hydrogen-bond acceptors (Lipinski definition) is 3. The maximum atomic E-state index is 6.11. The molecule has 0 aliphatic heterocycles. The molecule has 0 spiro atoms. The molecule has 2 aromatic heterocycles. The molecule has 0 fully saturated rings. The lowest BCUT2D eigenvalue weighted by Gasteiger charge is -2.10. The Morgan fingerprint density at radius 3 is 3.00 bits per heavy atom. The standard InChI is InChI=1S/C10H12BrN3S/c1-14-6-13-4-10(14)9(12)3-8-2-7(11)5-15-8/h2,4-6,9H,3,12H2,1H3. The molecule has 0 saturated heterocycles. The smallest absolute Gasteiger partial charge is 0.0946 e.